The number of imidazole rings is 1. The molecule has 1 aliphatic carbocycles. The number of methoxy groups -OCH3 is 2. The maximum atomic E-state index is 13.2. The Morgan fingerprint density at radius 1 is 1.13 bits per heavy atom. The zero-order valence-corrected chi connectivity index (χ0v) is 24.0. The van der Waals surface area contributed by atoms with Gasteiger partial charge in [0, 0.05) is 16.0 Å². The summed E-state index contributed by atoms with van der Waals surface area (Å²) in [4.78, 5) is 22.8. The van der Waals surface area contributed by atoms with Crippen molar-refractivity contribution >= 4 is 34.0 Å². The summed E-state index contributed by atoms with van der Waals surface area (Å²) in [6, 6.07) is 17.8. The number of fused-ring (bicyclic) bond motifs is 1. The lowest BCUT2D eigenvalue weighted by molar-refractivity contribution is -0.115. The molecule has 2 unspecified atom stereocenters. The number of nitrogens with zero attached hydrogens (tertiary/aromatic N) is 2. The van der Waals surface area contributed by atoms with Gasteiger partial charge in [0.05, 0.1) is 36.4 Å². The second kappa shape index (κ2) is 11.6. The molecule has 0 bridgehead atoms. The van der Waals surface area contributed by atoms with Crippen molar-refractivity contribution in [2.24, 2.45) is 5.92 Å². The number of anilines is 1. The first kappa shape index (κ1) is 26.9. The first-order valence-electron chi connectivity index (χ1n) is 12.8. The Morgan fingerprint density at radius 2 is 1.77 bits per heavy atom. The SMILES string of the molecule is COc1ccc(-c2nc(SC(C)C(=O)Nc3sc4c(c3C#N)CCC(C)C4)[nH]c2-c2ccc(OC)cc2)cc1. The number of ether oxygens (including phenoxy) is 2. The van der Waals surface area contributed by atoms with Crippen LogP contribution in [0.15, 0.2) is 53.7 Å². The van der Waals surface area contributed by atoms with Gasteiger partial charge in [0.15, 0.2) is 5.16 Å². The highest BCUT2D eigenvalue weighted by Gasteiger charge is 2.26. The topological polar surface area (TPSA) is 100 Å². The molecule has 0 saturated carbocycles. The number of rotatable bonds is 8. The highest BCUT2D eigenvalue weighted by molar-refractivity contribution is 8.00. The standard InChI is InChI=1S/C30H30N4O3S2/c1-17-5-14-23-24(16-31)29(39-25(23)15-17)34-28(35)18(2)38-30-32-26(19-6-10-21(36-3)11-7-19)27(33-30)20-8-12-22(37-4)13-9-20/h6-13,17-18H,5,14-15H2,1-4H3,(H,32,33)(H,34,35). The number of nitrogens with one attached hydrogen (secondary N) is 2. The van der Waals surface area contributed by atoms with E-state index in [2.05, 4.69) is 23.3 Å². The lowest BCUT2D eigenvalue weighted by atomic mass is 9.89. The van der Waals surface area contributed by atoms with E-state index >= 15 is 0 Å². The number of thioether (sulfide) groups is 1. The minimum atomic E-state index is -0.437. The second-order valence-electron chi connectivity index (χ2n) is 9.64. The molecule has 2 N–H and O–H groups in total. The summed E-state index contributed by atoms with van der Waals surface area (Å²) >= 11 is 2.89. The van der Waals surface area contributed by atoms with Crippen LogP contribution in [0.25, 0.3) is 22.5 Å². The van der Waals surface area contributed by atoms with Crippen LogP contribution >= 0.6 is 23.1 Å². The van der Waals surface area contributed by atoms with Gasteiger partial charge in [0.1, 0.15) is 22.6 Å². The van der Waals surface area contributed by atoms with Crippen LogP contribution in [0, 0.1) is 17.2 Å². The van der Waals surface area contributed by atoms with Crippen molar-refractivity contribution in [1.82, 2.24) is 9.97 Å². The molecule has 0 aliphatic heterocycles. The fraction of sp³-hybridized carbons (Fsp3) is 0.300. The molecule has 200 valence electrons. The van der Waals surface area contributed by atoms with Crippen LogP contribution in [-0.4, -0.2) is 35.3 Å². The number of hydrogen-bond acceptors (Lipinski definition) is 7. The van der Waals surface area contributed by atoms with Crippen molar-refractivity contribution in [3.8, 4) is 40.1 Å². The van der Waals surface area contributed by atoms with Crippen molar-refractivity contribution in [1.29, 1.82) is 5.26 Å². The van der Waals surface area contributed by atoms with Gasteiger partial charge in [-0.1, -0.05) is 18.7 Å². The van der Waals surface area contributed by atoms with E-state index in [-0.39, 0.29) is 5.91 Å². The number of nitriles is 1. The summed E-state index contributed by atoms with van der Waals surface area (Å²) in [7, 11) is 3.28. The van der Waals surface area contributed by atoms with E-state index in [1.807, 2.05) is 55.5 Å². The molecule has 5 rings (SSSR count). The van der Waals surface area contributed by atoms with Gasteiger partial charge in [-0.2, -0.15) is 5.26 Å². The van der Waals surface area contributed by atoms with Crippen molar-refractivity contribution < 1.29 is 14.3 Å². The predicted molar refractivity (Wildman–Crippen MR) is 157 cm³/mol. The fourth-order valence-corrected chi connectivity index (χ4v) is 6.89. The Hall–Kier alpha value is -3.74. The van der Waals surface area contributed by atoms with E-state index in [1.54, 1.807) is 25.6 Å². The van der Waals surface area contributed by atoms with Crippen LogP contribution in [0.1, 0.15) is 36.3 Å². The normalized spacial score (nSPS) is 15.2. The summed E-state index contributed by atoms with van der Waals surface area (Å²) in [5.41, 5.74) is 5.24. The van der Waals surface area contributed by atoms with E-state index in [4.69, 9.17) is 14.5 Å². The Labute approximate surface area is 236 Å². The number of carbonyl (C=O) groups is 1. The molecule has 2 atom stereocenters. The molecule has 9 heteroatoms. The second-order valence-corrected chi connectivity index (χ2v) is 12.1. The number of aromatic nitrogens is 2. The third-order valence-corrected chi connectivity index (χ3v) is 9.10. The van der Waals surface area contributed by atoms with Crippen LogP contribution in [0.3, 0.4) is 0 Å². The maximum absolute atomic E-state index is 13.2. The quantitative estimate of drug-likeness (QED) is 0.227. The third-order valence-electron chi connectivity index (χ3n) is 6.94. The molecule has 2 heterocycles. The molecule has 2 aromatic heterocycles. The minimum absolute atomic E-state index is 0.156. The van der Waals surface area contributed by atoms with Gasteiger partial charge in [-0.25, -0.2) is 4.98 Å². The predicted octanol–water partition coefficient (Wildman–Crippen LogP) is 6.94. The summed E-state index contributed by atoms with van der Waals surface area (Å²) in [6.45, 7) is 4.08. The minimum Gasteiger partial charge on any atom is -0.497 e. The number of H-pyrrole nitrogens is 1. The molecule has 2 aromatic carbocycles. The van der Waals surface area contributed by atoms with Crippen LogP contribution < -0.4 is 14.8 Å². The summed E-state index contributed by atoms with van der Waals surface area (Å²) in [6.07, 6.45) is 2.93. The number of thiophene rings is 1. The average molecular weight is 559 g/mol. The van der Waals surface area contributed by atoms with E-state index in [0.29, 0.717) is 21.6 Å². The number of aromatic amines is 1. The van der Waals surface area contributed by atoms with Crippen LogP contribution in [0.4, 0.5) is 5.00 Å². The largest absolute Gasteiger partial charge is 0.497 e. The number of hydrogen-bond donors (Lipinski definition) is 2. The summed E-state index contributed by atoms with van der Waals surface area (Å²) < 4.78 is 10.6. The van der Waals surface area contributed by atoms with E-state index in [9.17, 15) is 10.1 Å². The molecule has 0 radical (unpaired) electrons. The molecule has 0 saturated heterocycles. The summed E-state index contributed by atoms with van der Waals surface area (Å²) in [5, 5.41) is 13.7. The van der Waals surface area contributed by atoms with Crippen molar-refractivity contribution in [2.75, 3.05) is 19.5 Å². The molecular weight excluding hydrogens is 528 g/mol. The molecule has 4 aromatic rings. The molecule has 39 heavy (non-hydrogen) atoms. The van der Waals surface area contributed by atoms with Crippen LogP contribution in [0.2, 0.25) is 0 Å². The van der Waals surface area contributed by atoms with Crippen LogP contribution in [-0.2, 0) is 17.6 Å². The number of benzene rings is 2. The van der Waals surface area contributed by atoms with Crippen molar-refractivity contribution in [3.63, 3.8) is 0 Å². The van der Waals surface area contributed by atoms with Gasteiger partial charge < -0.3 is 19.8 Å². The van der Waals surface area contributed by atoms with Gasteiger partial charge >= 0.3 is 0 Å². The molecule has 7 nitrogen and oxygen atoms in total. The van der Waals surface area contributed by atoms with E-state index < -0.39 is 5.25 Å². The Morgan fingerprint density at radius 3 is 2.38 bits per heavy atom. The van der Waals surface area contributed by atoms with Gasteiger partial charge in [0.25, 0.3) is 0 Å². The highest BCUT2D eigenvalue weighted by Crippen LogP contribution is 2.40. The smallest absolute Gasteiger partial charge is 0.238 e. The summed E-state index contributed by atoms with van der Waals surface area (Å²) in [5.74, 6) is 1.98. The fourth-order valence-electron chi connectivity index (χ4n) is 4.72. The Kier molecular flexibility index (Phi) is 7.96. The van der Waals surface area contributed by atoms with Crippen molar-refractivity contribution in [3.05, 3.63) is 64.5 Å². The lowest BCUT2D eigenvalue weighted by Gasteiger charge is -2.17. The number of amides is 1. The van der Waals surface area contributed by atoms with Gasteiger partial charge in [0.2, 0.25) is 5.91 Å². The van der Waals surface area contributed by atoms with Gasteiger partial charge in [-0.05, 0) is 86.2 Å². The van der Waals surface area contributed by atoms with Crippen molar-refractivity contribution in [2.45, 2.75) is 43.5 Å². The highest BCUT2D eigenvalue weighted by atomic mass is 32.2. The Bertz CT molecular complexity index is 1450. The lowest BCUT2D eigenvalue weighted by Crippen LogP contribution is -2.22. The first-order chi connectivity index (χ1) is 18.9. The van der Waals surface area contributed by atoms with Crippen LogP contribution in [0.5, 0.6) is 11.5 Å². The Balaban J connectivity index is 1.40. The molecule has 0 spiro atoms. The van der Waals surface area contributed by atoms with Gasteiger partial charge in [-0.15, -0.1) is 11.3 Å². The van der Waals surface area contributed by atoms with E-state index in [0.717, 1.165) is 58.8 Å². The third kappa shape index (κ3) is 5.68. The zero-order chi connectivity index (χ0) is 27.5. The first-order valence-corrected chi connectivity index (χ1v) is 14.5. The molecular formula is C30H30N4O3S2. The molecule has 0 fully saturated rings. The van der Waals surface area contributed by atoms with Gasteiger partial charge in [-0.3, -0.25) is 4.79 Å². The maximum Gasteiger partial charge on any atom is 0.238 e. The number of carbonyl (C=O) groups excluding carboxylic acids is 1. The monoisotopic (exact) mass is 558 g/mol. The zero-order valence-electron chi connectivity index (χ0n) is 22.3. The van der Waals surface area contributed by atoms with E-state index in [1.165, 1.54) is 16.6 Å². The molecule has 1 aliphatic rings. The average Bonchev–Trinajstić information content (AvgIpc) is 3.53. The molecule has 1 amide bonds.